The highest BCUT2D eigenvalue weighted by molar-refractivity contribution is 9.10. The van der Waals surface area contributed by atoms with Gasteiger partial charge in [-0.1, -0.05) is 39.7 Å². The smallest absolute Gasteiger partial charge is 0.236 e. The third kappa shape index (κ3) is 3.94. The van der Waals surface area contributed by atoms with Crippen LogP contribution in [-0.2, 0) is 13.0 Å². The molecule has 7 heteroatoms. The molecule has 1 aromatic heterocycles. The van der Waals surface area contributed by atoms with Crippen LogP contribution in [0, 0.1) is 0 Å². The Morgan fingerprint density at radius 1 is 1.33 bits per heavy atom. The molecule has 2 aliphatic rings. The van der Waals surface area contributed by atoms with E-state index in [0.717, 1.165) is 35.8 Å². The van der Waals surface area contributed by atoms with Gasteiger partial charge in [0.15, 0.2) is 0 Å². The van der Waals surface area contributed by atoms with Crippen molar-refractivity contribution in [3.05, 3.63) is 50.5 Å². The van der Waals surface area contributed by atoms with Crippen LogP contribution in [-0.4, -0.2) is 41.3 Å². The van der Waals surface area contributed by atoms with E-state index in [-0.39, 0.29) is 12.2 Å². The third-order valence-electron chi connectivity index (χ3n) is 5.23. The fourth-order valence-corrected chi connectivity index (χ4v) is 4.69. The molecule has 5 nitrogen and oxygen atoms in total. The van der Waals surface area contributed by atoms with Gasteiger partial charge in [-0.3, -0.25) is 4.90 Å². The number of halogens is 2. The largest absolute Gasteiger partial charge is 0.481 e. The second-order valence-corrected chi connectivity index (χ2v) is 8.34. The maximum absolute atomic E-state index is 9.72. The summed E-state index contributed by atoms with van der Waals surface area (Å²) in [4.78, 5) is 6.71. The summed E-state index contributed by atoms with van der Waals surface area (Å²) in [5, 5.41) is 10.2. The standard InChI is InChI=1S/C20H22BrClN2O3/c1-26-19-12(10-24-8-7-13(25)11-24)9-17(22)20(23-19)27-18-6-5-14-15(18)3-2-4-16(14)21/h2-4,9,13,18,25H,5-8,10-11H2,1H3/t13?,18-/m0/s1. The first-order valence-corrected chi connectivity index (χ1v) is 10.3. The molecular weight excluding hydrogens is 432 g/mol. The fraction of sp³-hybridized carbons (Fsp3) is 0.450. The minimum atomic E-state index is -0.260. The molecule has 0 saturated carbocycles. The minimum absolute atomic E-state index is 0.0632. The number of nitrogens with zero attached hydrogens (tertiary/aromatic N) is 2. The normalized spacial score (nSPS) is 22.1. The zero-order valence-corrected chi connectivity index (χ0v) is 17.5. The average Bonchev–Trinajstić information content (AvgIpc) is 3.24. The number of methoxy groups -OCH3 is 1. The average molecular weight is 454 g/mol. The van der Waals surface area contributed by atoms with Gasteiger partial charge in [-0.05, 0) is 42.5 Å². The second-order valence-electron chi connectivity index (χ2n) is 7.07. The number of β-amino-alcohol motifs (C(OH)–C–C–N with tert-alkyl or cyclic N) is 1. The quantitative estimate of drug-likeness (QED) is 0.737. The van der Waals surface area contributed by atoms with Crippen molar-refractivity contribution in [1.82, 2.24) is 9.88 Å². The number of hydrogen-bond acceptors (Lipinski definition) is 5. The van der Waals surface area contributed by atoms with E-state index < -0.39 is 0 Å². The van der Waals surface area contributed by atoms with Gasteiger partial charge in [-0.25, -0.2) is 0 Å². The molecule has 2 aromatic rings. The zero-order valence-electron chi connectivity index (χ0n) is 15.1. The molecule has 2 atom stereocenters. The number of aliphatic hydroxyl groups is 1. The Morgan fingerprint density at radius 2 is 2.19 bits per heavy atom. The van der Waals surface area contributed by atoms with Gasteiger partial charge in [-0.15, -0.1) is 0 Å². The Hall–Kier alpha value is -1.34. The topological polar surface area (TPSA) is 54.8 Å². The highest BCUT2D eigenvalue weighted by atomic mass is 79.9. The van der Waals surface area contributed by atoms with Crippen LogP contribution in [0.25, 0.3) is 0 Å². The summed E-state index contributed by atoms with van der Waals surface area (Å²) in [5.74, 6) is 0.916. The first-order chi connectivity index (χ1) is 13.0. The molecule has 0 amide bonds. The first kappa shape index (κ1) is 19.0. The SMILES string of the molecule is COc1nc(O[C@H]2CCc3c(Br)cccc32)c(Cl)cc1CN1CCC(O)C1. The van der Waals surface area contributed by atoms with Gasteiger partial charge in [0.1, 0.15) is 11.1 Å². The predicted octanol–water partition coefficient (Wildman–Crippen LogP) is 4.14. The number of pyridine rings is 1. The summed E-state index contributed by atoms with van der Waals surface area (Å²) in [7, 11) is 1.60. The van der Waals surface area contributed by atoms with Gasteiger partial charge < -0.3 is 14.6 Å². The highest BCUT2D eigenvalue weighted by Gasteiger charge is 2.28. The van der Waals surface area contributed by atoms with Crippen LogP contribution in [0.4, 0.5) is 0 Å². The van der Waals surface area contributed by atoms with E-state index in [9.17, 15) is 5.11 Å². The van der Waals surface area contributed by atoms with Crippen LogP contribution in [0.5, 0.6) is 11.8 Å². The molecule has 2 heterocycles. The lowest BCUT2D eigenvalue weighted by Gasteiger charge is -2.19. The van der Waals surface area contributed by atoms with E-state index in [2.05, 4.69) is 37.9 Å². The number of fused-ring (bicyclic) bond motifs is 1. The molecule has 1 unspecified atom stereocenters. The van der Waals surface area contributed by atoms with Crippen LogP contribution in [0.2, 0.25) is 5.02 Å². The molecule has 0 spiro atoms. The van der Waals surface area contributed by atoms with Gasteiger partial charge in [0.25, 0.3) is 0 Å². The Bertz CT molecular complexity index is 848. The minimum Gasteiger partial charge on any atom is -0.481 e. The second kappa shape index (κ2) is 7.95. The number of ether oxygens (including phenoxy) is 2. The third-order valence-corrected chi connectivity index (χ3v) is 6.24. The van der Waals surface area contributed by atoms with Crippen LogP contribution in [0.15, 0.2) is 28.7 Å². The maximum Gasteiger partial charge on any atom is 0.236 e. The molecule has 1 aliphatic heterocycles. The van der Waals surface area contributed by atoms with E-state index in [4.69, 9.17) is 21.1 Å². The van der Waals surface area contributed by atoms with Crippen LogP contribution >= 0.6 is 27.5 Å². The molecule has 1 aromatic carbocycles. The van der Waals surface area contributed by atoms with Gasteiger partial charge >= 0.3 is 0 Å². The van der Waals surface area contributed by atoms with Crippen molar-refractivity contribution in [2.24, 2.45) is 0 Å². The summed E-state index contributed by atoms with van der Waals surface area (Å²) >= 11 is 10.1. The van der Waals surface area contributed by atoms with Crippen molar-refractivity contribution in [1.29, 1.82) is 0 Å². The first-order valence-electron chi connectivity index (χ1n) is 9.13. The number of aromatic nitrogens is 1. The van der Waals surface area contributed by atoms with E-state index >= 15 is 0 Å². The van der Waals surface area contributed by atoms with Crippen LogP contribution in [0.1, 0.15) is 35.6 Å². The fourth-order valence-electron chi connectivity index (χ4n) is 3.89. The van der Waals surface area contributed by atoms with Crippen molar-refractivity contribution >= 4 is 27.5 Å². The summed E-state index contributed by atoms with van der Waals surface area (Å²) in [5.41, 5.74) is 3.37. The van der Waals surface area contributed by atoms with E-state index in [1.165, 1.54) is 11.1 Å². The molecule has 0 radical (unpaired) electrons. The summed E-state index contributed by atoms with van der Waals surface area (Å²) in [6.07, 6.45) is 2.33. The lowest BCUT2D eigenvalue weighted by molar-refractivity contribution is 0.174. The lowest BCUT2D eigenvalue weighted by Crippen LogP contribution is -2.22. The maximum atomic E-state index is 9.72. The Labute approximate surface area is 172 Å². The molecule has 144 valence electrons. The van der Waals surface area contributed by atoms with Gasteiger partial charge in [0.2, 0.25) is 11.8 Å². The molecule has 4 rings (SSSR count). The van der Waals surface area contributed by atoms with Crippen LogP contribution < -0.4 is 9.47 Å². The molecule has 1 saturated heterocycles. The number of aliphatic hydroxyl groups excluding tert-OH is 1. The van der Waals surface area contributed by atoms with Gasteiger partial charge in [-0.2, -0.15) is 4.98 Å². The zero-order chi connectivity index (χ0) is 19.0. The summed E-state index contributed by atoms with van der Waals surface area (Å²) < 4.78 is 12.8. The molecule has 27 heavy (non-hydrogen) atoms. The molecular formula is C20H22BrClN2O3. The van der Waals surface area contributed by atoms with Crippen molar-refractivity contribution in [2.75, 3.05) is 20.2 Å². The van der Waals surface area contributed by atoms with Crippen LogP contribution in [0.3, 0.4) is 0 Å². The number of hydrogen-bond donors (Lipinski definition) is 1. The monoisotopic (exact) mass is 452 g/mol. The Balaban J connectivity index is 1.55. The summed E-state index contributed by atoms with van der Waals surface area (Å²) in [6.45, 7) is 2.16. The Kier molecular flexibility index (Phi) is 5.60. The van der Waals surface area contributed by atoms with Crippen molar-refractivity contribution in [2.45, 2.75) is 38.0 Å². The lowest BCUT2D eigenvalue weighted by atomic mass is 10.1. The number of rotatable bonds is 5. The van der Waals surface area contributed by atoms with E-state index in [1.807, 2.05) is 12.1 Å². The van der Waals surface area contributed by atoms with E-state index in [1.54, 1.807) is 7.11 Å². The van der Waals surface area contributed by atoms with Crippen molar-refractivity contribution < 1.29 is 14.6 Å². The molecule has 1 N–H and O–H groups in total. The highest BCUT2D eigenvalue weighted by Crippen LogP contribution is 2.40. The van der Waals surface area contributed by atoms with Crippen molar-refractivity contribution in [3.63, 3.8) is 0 Å². The van der Waals surface area contributed by atoms with Crippen molar-refractivity contribution in [3.8, 4) is 11.8 Å². The molecule has 1 fully saturated rings. The number of likely N-dealkylation sites (tertiary alicyclic amines) is 1. The number of benzene rings is 1. The molecule has 0 bridgehead atoms. The van der Waals surface area contributed by atoms with E-state index in [0.29, 0.717) is 29.9 Å². The van der Waals surface area contributed by atoms with Gasteiger partial charge in [0.05, 0.1) is 13.2 Å². The summed E-state index contributed by atoms with van der Waals surface area (Å²) in [6, 6.07) is 8.04. The molecule has 1 aliphatic carbocycles. The van der Waals surface area contributed by atoms with Gasteiger partial charge in [0, 0.05) is 29.7 Å². The Morgan fingerprint density at radius 3 is 2.93 bits per heavy atom. The predicted molar refractivity (Wildman–Crippen MR) is 108 cm³/mol.